The summed E-state index contributed by atoms with van der Waals surface area (Å²) in [6.07, 6.45) is 5.53. The number of amides is 2. The summed E-state index contributed by atoms with van der Waals surface area (Å²) >= 11 is 0. The van der Waals surface area contributed by atoms with Crippen molar-refractivity contribution in [3.05, 3.63) is 11.6 Å². The van der Waals surface area contributed by atoms with E-state index in [1.165, 1.54) is 6.92 Å². The Bertz CT molecular complexity index is 664. The van der Waals surface area contributed by atoms with E-state index < -0.39 is 17.4 Å². The smallest absolute Gasteiger partial charge is 0.331 e. The molecule has 2 unspecified atom stereocenters. The number of carboxylic acids is 1. The van der Waals surface area contributed by atoms with Gasteiger partial charge in [0.1, 0.15) is 6.04 Å². The van der Waals surface area contributed by atoms with Crippen molar-refractivity contribution in [2.24, 2.45) is 11.3 Å². The van der Waals surface area contributed by atoms with Crippen LogP contribution in [0.5, 0.6) is 0 Å². The van der Waals surface area contributed by atoms with Gasteiger partial charge in [0.05, 0.1) is 12.1 Å². The number of hydrogen-bond donors (Lipinski definition) is 2. The molecule has 0 bridgehead atoms. The molecule has 0 aromatic rings. The highest BCUT2D eigenvalue weighted by Gasteiger charge is 2.39. The first-order valence-electron chi connectivity index (χ1n) is 11.5. The van der Waals surface area contributed by atoms with E-state index in [1.807, 2.05) is 34.6 Å². The molecular formula is C24H43N3O4. The summed E-state index contributed by atoms with van der Waals surface area (Å²) < 4.78 is 0. The third kappa shape index (κ3) is 7.63. The number of carbonyl (C=O) groups is 3. The molecule has 1 rings (SSSR count). The molecule has 2 N–H and O–H groups in total. The van der Waals surface area contributed by atoms with Gasteiger partial charge in [-0.05, 0) is 50.6 Å². The van der Waals surface area contributed by atoms with E-state index in [1.54, 1.807) is 18.0 Å². The van der Waals surface area contributed by atoms with Crippen molar-refractivity contribution < 1.29 is 19.5 Å². The van der Waals surface area contributed by atoms with E-state index in [0.717, 1.165) is 38.8 Å². The maximum absolute atomic E-state index is 13.5. The normalized spacial score (nSPS) is 20.3. The van der Waals surface area contributed by atoms with E-state index >= 15 is 0 Å². The Hall–Kier alpha value is -1.89. The molecule has 31 heavy (non-hydrogen) atoms. The molecule has 1 aliphatic rings. The number of piperidine rings is 1. The number of nitrogens with one attached hydrogen (secondary N) is 1. The van der Waals surface area contributed by atoms with Gasteiger partial charge >= 0.3 is 5.97 Å². The summed E-state index contributed by atoms with van der Waals surface area (Å²) in [5.74, 6) is -1.27. The van der Waals surface area contributed by atoms with Gasteiger partial charge in [-0.1, -0.05) is 54.0 Å². The number of nitrogens with zero attached hydrogens (tertiary/aromatic N) is 2. The number of hydrogen-bond acceptors (Lipinski definition) is 4. The Morgan fingerprint density at radius 3 is 2.32 bits per heavy atom. The Balaban J connectivity index is 3.12. The lowest BCUT2D eigenvalue weighted by Gasteiger charge is -2.40. The van der Waals surface area contributed by atoms with Crippen molar-refractivity contribution in [1.29, 1.82) is 0 Å². The molecule has 1 aliphatic heterocycles. The summed E-state index contributed by atoms with van der Waals surface area (Å²) in [5, 5.41) is 12.3. The predicted molar refractivity (Wildman–Crippen MR) is 124 cm³/mol. The highest BCUT2D eigenvalue weighted by molar-refractivity contribution is 5.91. The van der Waals surface area contributed by atoms with Crippen LogP contribution in [0.15, 0.2) is 11.6 Å². The maximum atomic E-state index is 13.5. The molecule has 0 aromatic carbocycles. The van der Waals surface area contributed by atoms with Crippen LogP contribution in [-0.2, 0) is 14.4 Å². The Morgan fingerprint density at radius 1 is 1.23 bits per heavy atom. The van der Waals surface area contributed by atoms with Crippen molar-refractivity contribution in [3.63, 3.8) is 0 Å². The van der Waals surface area contributed by atoms with Crippen molar-refractivity contribution in [1.82, 2.24) is 15.1 Å². The minimum Gasteiger partial charge on any atom is -0.478 e. The Morgan fingerprint density at radius 2 is 1.84 bits per heavy atom. The number of rotatable bonds is 9. The van der Waals surface area contributed by atoms with E-state index in [-0.39, 0.29) is 35.4 Å². The van der Waals surface area contributed by atoms with Crippen LogP contribution in [0.4, 0.5) is 0 Å². The van der Waals surface area contributed by atoms with E-state index in [2.05, 4.69) is 17.1 Å². The Kier molecular flexibility index (Phi) is 10.2. The zero-order valence-corrected chi connectivity index (χ0v) is 20.7. The Labute approximate surface area is 188 Å². The second kappa shape index (κ2) is 11.7. The standard InChI is InChI=1S/C24H43N3O4/c1-9-13-27-14-11-10-12-18(27)21(28)25-20(24(5,6)7)22(29)26(8)19(16(2)3)15-17(4)23(30)31/h15-16,18-20H,9-14H2,1-8H3,(H,25,28)(H,30,31)/b17-15+/t18?,19-,20?/m1/s1. The molecule has 3 atom stereocenters. The lowest BCUT2D eigenvalue weighted by molar-refractivity contribution is -0.141. The fourth-order valence-corrected chi connectivity index (χ4v) is 4.16. The molecular weight excluding hydrogens is 394 g/mol. The SMILES string of the molecule is CCCN1CCCCC1C(=O)NC(C(=O)N(C)[C@H](/C=C(\C)C(=O)O)C(C)C)C(C)(C)C. The fraction of sp³-hybridized carbons (Fsp3) is 0.792. The van der Waals surface area contributed by atoms with Gasteiger partial charge in [-0.25, -0.2) is 4.79 Å². The van der Waals surface area contributed by atoms with Crippen molar-refractivity contribution in [2.75, 3.05) is 20.1 Å². The summed E-state index contributed by atoms with van der Waals surface area (Å²) in [6, 6.07) is -1.28. The highest BCUT2D eigenvalue weighted by atomic mass is 16.4. The van der Waals surface area contributed by atoms with Gasteiger partial charge in [-0.15, -0.1) is 0 Å². The zero-order valence-electron chi connectivity index (χ0n) is 20.7. The zero-order chi connectivity index (χ0) is 23.9. The third-order valence-corrected chi connectivity index (χ3v) is 6.06. The van der Waals surface area contributed by atoms with Crippen molar-refractivity contribution in [2.45, 2.75) is 92.3 Å². The topological polar surface area (TPSA) is 90.0 Å². The van der Waals surface area contributed by atoms with Crippen LogP contribution in [0.2, 0.25) is 0 Å². The van der Waals surface area contributed by atoms with Gasteiger partial charge in [-0.2, -0.15) is 0 Å². The number of carbonyl (C=O) groups excluding carboxylic acids is 2. The van der Waals surface area contributed by atoms with E-state index in [9.17, 15) is 19.5 Å². The number of aliphatic carboxylic acids is 1. The first kappa shape index (κ1) is 27.1. The van der Waals surface area contributed by atoms with Crippen LogP contribution in [0.1, 0.15) is 74.1 Å². The number of likely N-dealkylation sites (N-methyl/N-ethyl adjacent to an activating group) is 1. The molecule has 0 aliphatic carbocycles. The average Bonchev–Trinajstić information content (AvgIpc) is 2.68. The summed E-state index contributed by atoms with van der Waals surface area (Å²) in [5.41, 5.74) is -0.287. The summed E-state index contributed by atoms with van der Waals surface area (Å²) in [4.78, 5) is 41.9. The van der Waals surface area contributed by atoms with Crippen LogP contribution < -0.4 is 5.32 Å². The van der Waals surface area contributed by atoms with Gasteiger partial charge in [-0.3, -0.25) is 14.5 Å². The van der Waals surface area contributed by atoms with Crippen molar-refractivity contribution in [3.8, 4) is 0 Å². The van der Waals surface area contributed by atoms with Gasteiger partial charge in [0.25, 0.3) is 0 Å². The fourth-order valence-electron chi connectivity index (χ4n) is 4.16. The van der Waals surface area contributed by atoms with Crippen LogP contribution in [0, 0.1) is 11.3 Å². The van der Waals surface area contributed by atoms with Crippen LogP contribution in [0.25, 0.3) is 0 Å². The van der Waals surface area contributed by atoms with Gasteiger partial charge < -0.3 is 15.3 Å². The number of carboxylic acid groups (broad SMARTS) is 1. The molecule has 0 spiro atoms. The van der Waals surface area contributed by atoms with Gasteiger partial charge in [0.15, 0.2) is 0 Å². The summed E-state index contributed by atoms with van der Waals surface area (Å²) in [7, 11) is 1.69. The predicted octanol–water partition coefficient (Wildman–Crippen LogP) is 3.30. The molecule has 7 nitrogen and oxygen atoms in total. The van der Waals surface area contributed by atoms with Gasteiger partial charge in [0, 0.05) is 12.6 Å². The molecule has 1 fully saturated rings. The molecule has 7 heteroatoms. The second-order valence-electron chi connectivity index (χ2n) is 10.2. The minimum absolute atomic E-state index is 0.0259. The first-order valence-corrected chi connectivity index (χ1v) is 11.5. The molecule has 1 saturated heterocycles. The lowest BCUT2D eigenvalue weighted by atomic mass is 9.84. The quantitative estimate of drug-likeness (QED) is 0.540. The van der Waals surface area contributed by atoms with E-state index in [0.29, 0.717) is 0 Å². The van der Waals surface area contributed by atoms with Crippen LogP contribution in [0.3, 0.4) is 0 Å². The average molecular weight is 438 g/mol. The van der Waals surface area contributed by atoms with Crippen LogP contribution >= 0.6 is 0 Å². The molecule has 0 saturated carbocycles. The van der Waals surface area contributed by atoms with Gasteiger partial charge in [0.2, 0.25) is 11.8 Å². The first-order chi connectivity index (χ1) is 14.3. The van der Waals surface area contributed by atoms with Crippen LogP contribution in [-0.4, -0.2) is 71.0 Å². The minimum atomic E-state index is -1.000. The number of likely N-dealkylation sites (tertiary alicyclic amines) is 1. The lowest BCUT2D eigenvalue weighted by Crippen LogP contribution is -2.60. The summed E-state index contributed by atoms with van der Waals surface area (Å²) in [6.45, 7) is 15.2. The molecule has 0 radical (unpaired) electrons. The largest absolute Gasteiger partial charge is 0.478 e. The van der Waals surface area contributed by atoms with E-state index in [4.69, 9.17) is 0 Å². The second-order valence-corrected chi connectivity index (χ2v) is 10.2. The molecule has 0 aromatic heterocycles. The molecule has 178 valence electrons. The maximum Gasteiger partial charge on any atom is 0.331 e. The highest BCUT2D eigenvalue weighted by Crippen LogP contribution is 2.25. The monoisotopic (exact) mass is 437 g/mol. The third-order valence-electron chi connectivity index (χ3n) is 6.06. The van der Waals surface area contributed by atoms with Crippen molar-refractivity contribution >= 4 is 17.8 Å². The molecule has 2 amide bonds. The molecule has 1 heterocycles.